The largest absolute Gasteiger partial charge is 0.478 e. The highest BCUT2D eigenvalue weighted by Gasteiger charge is 1.85. The van der Waals surface area contributed by atoms with E-state index in [9.17, 15) is 4.79 Å². The number of aryl methyl sites for hydroxylation is 1. The Morgan fingerprint density at radius 2 is 1.86 bits per heavy atom. The SMILES string of the molecule is Cc1ccc(C=CC=CC(=O)O)cc1. The van der Waals surface area contributed by atoms with E-state index in [1.54, 1.807) is 6.08 Å². The van der Waals surface area contributed by atoms with Gasteiger partial charge in [-0.1, -0.05) is 48.1 Å². The Bertz CT molecular complexity index is 358. The van der Waals surface area contributed by atoms with Crippen molar-refractivity contribution in [1.29, 1.82) is 0 Å². The predicted molar refractivity (Wildman–Crippen MR) is 57.0 cm³/mol. The average Bonchev–Trinajstić information content (AvgIpc) is 2.15. The summed E-state index contributed by atoms with van der Waals surface area (Å²) < 4.78 is 0. The number of rotatable bonds is 3. The van der Waals surface area contributed by atoms with Crippen LogP contribution in [0.3, 0.4) is 0 Å². The van der Waals surface area contributed by atoms with E-state index in [4.69, 9.17) is 5.11 Å². The van der Waals surface area contributed by atoms with Crippen molar-refractivity contribution in [2.45, 2.75) is 6.92 Å². The van der Waals surface area contributed by atoms with Gasteiger partial charge in [0.1, 0.15) is 0 Å². The second-order valence-corrected chi connectivity index (χ2v) is 2.97. The predicted octanol–water partition coefficient (Wildman–Crippen LogP) is 2.65. The van der Waals surface area contributed by atoms with Crippen LogP contribution in [0, 0.1) is 6.92 Å². The van der Waals surface area contributed by atoms with Gasteiger partial charge in [0.2, 0.25) is 0 Å². The molecule has 0 radical (unpaired) electrons. The van der Waals surface area contributed by atoms with Crippen LogP contribution in [0.2, 0.25) is 0 Å². The van der Waals surface area contributed by atoms with Crippen molar-refractivity contribution in [3.63, 3.8) is 0 Å². The van der Waals surface area contributed by atoms with Crippen LogP contribution in [0.4, 0.5) is 0 Å². The fraction of sp³-hybridized carbons (Fsp3) is 0.0833. The van der Waals surface area contributed by atoms with Crippen LogP contribution in [0.15, 0.2) is 42.5 Å². The lowest BCUT2D eigenvalue weighted by molar-refractivity contribution is -0.131. The lowest BCUT2D eigenvalue weighted by Gasteiger charge is -1.92. The molecule has 1 aromatic carbocycles. The normalized spacial score (nSPS) is 11.2. The van der Waals surface area contributed by atoms with E-state index < -0.39 is 5.97 Å². The highest BCUT2D eigenvalue weighted by molar-refractivity contribution is 5.80. The smallest absolute Gasteiger partial charge is 0.328 e. The van der Waals surface area contributed by atoms with Gasteiger partial charge in [-0.05, 0) is 12.5 Å². The minimum atomic E-state index is -0.932. The van der Waals surface area contributed by atoms with Gasteiger partial charge in [0.05, 0.1) is 0 Å². The average molecular weight is 188 g/mol. The van der Waals surface area contributed by atoms with Crippen LogP contribution in [-0.4, -0.2) is 11.1 Å². The molecule has 0 fully saturated rings. The molecule has 0 unspecified atom stereocenters. The molecule has 72 valence electrons. The zero-order valence-corrected chi connectivity index (χ0v) is 7.97. The standard InChI is InChI=1S/C12H12O2/c1-10-6-8-11(9-7-10)4-2-3-5-12(13)14/h2-9H,1H3,(H,13,14). The number of carbonyl (C=O) groups is 1. The topological polar surface area (TPSA) is 37.3 Å². The highest BCUT2D eigenvalue weighted by Crippen LogP contribution is 2.04. The van der Waals surface area contributed by atoms with Crippen molar-refractivity contribution in [3.8, 4) is 0 Å². The van der Waals surface area contributed by atoms with Gasteiger partial charge in [-0.15, -0.1) is 0 Å². The summed E-state index contributed by atoms with van der Waals surface area (Å²) in [6.07, 6.45) is 6.17. The maximum Gasteiger partial charge on any atom is 0.328 e. The second kappa shape index (κ2) is 5.02. The van der Waals surface area contributed by atoms with Crippen LogP contribution >= 0.6 is 0 Å². The maximum atomic E-state index is 10.1. The molecule has 0 heterocycles. The molecule has 0 aromatic heterocycles. The molecule has 0 aliphatic carbocycles. The minimum absolute atomic E-state index is 0.932. The van der Waals surface area contributed by atoms with Gasteiger partial charge in [-0.2, -0.15) is 0 Å². The minimum Gasteiger partial charge on any atom is -0.478 e. The molecule has 0 spiro atoms. The number of allylic oxidation sites excluding steroid dienone is 2. The summed E-state index contributed by atoms with van der Waals surface area (Å²) in [6, 6.07) is 8.00. The molecule has 1 rings (SSSR count). The van der Waals surface area contributed by atoms with Gasteiger partial charge in [-0.3, -0.25) is 0 Å². The number of benzene rings is 1. The fourth-order valence-electron chi connectivity index (χ4n) is 0.982. The number of hydrogen-bond acceptors (Lipinski definition) is 1. The number of hydrogen-bond donors (Lipinski definition) is 1. The first kappa shape index (κ1) is 10.3. The van der Waals surface area contributed by atoms with E-state index in [0.29, 0.717) is 0 Å². The van der Waals surface area contributed by atoms with Gasteiger partial charge in [0.25, 0.3) is 0 Å². The number of carboxylic acid groups (broad SMARTS) is 1. The molecule has 0 saturated heterocycles. The van der Waals surface area contributed by atoms with Crippen LogP contribution in [-0.2, 0) is 4.79 Å². The van der Waals surface area contributed by atoms with E-state index in [0.717, 1.165) is 11.6 Å². The molecule has 0 bridgehead atoms. The summed E-state index contributed by atoms with van der Waals surface area (Å²) >= 11 is 0. The molecular formula is C12H12O2. The molecule has 0 atom stereocenters. The van der Waals surface area contributed by atoms with E-state index in [-0.39, 0.29) is 0 Å². The third kappa shape index (κ3) is 3.72. The van der Waals surface area contributed by atoms with Crippen molar-refractivity contribution >= 4 is 12.0 Å². The Labute approximate surface area is 83.2 Å². The van der Waals surface area contributed by atoms with Crippen LogP contribution < -0.4 is 0 Å². The van der Waals surface area contributed by atoms with Gasteiger partial charge >= 0.3 is 5.97 Å². The van der Waals surface area contributed by atoms with Gasteiger partial charge in [0, 0.05) is 6.08 Å². The number of carboxylic acids is 1. The monoisotopic (exact) mass is 188 g/mol. The Hall–Kier alpha value is -1.83. The highest BCUT2D eigenvalue weighted by atomic mass is 16.4. The maximum absolute atomic E-state index is 10.1. The van der Waals surface area contributed by atoms with Crippen molar-refractivity contribution in [2.24, 2.45) is 0 Å². The zero-order chi connectivity index (χ0) is 10.4. The summed E-state index contributed by atoms with van der Waals surface area (Å²) in [5.74, 6) is -0.932. The Kier molecular flexibility index (Phi) is 3.68. The van der Waals surface area contributed by atoms with E-state index in [2.05, 4.69) is 0 Å². The molecule has 1 N–H and O–H groups in total. The van der Waals surface area contributed by atoms with Gasteiger partial charge in [0.15, 0.2) is 0 Å². The van der Waals surface area contributed by atoms with E-state index in [1.165, 1.54) is 11.6 Å². The third-order valence-corrected chi connectivity index (χ3v) is 1.72. The summed E-state index contributed by atoms with van der Waals surface area (Å²) in [7, 11) is 0. The molecule has 0 aliphatic heterocycles. The molecule has 2 heteroatoms. The van der Waals surface area contributed by atoms with Crippen molar-refractivity contribution in [2.75, 3.05) is 0 Å². The van der Waals surface area contributed by atoms with Crippen LogP contribution in [0.1, 0.15) is 11.1 Å². The molecule has 2 nitrogen and oxygen atoms in total. The van der Waals surface area contributed by atoms with Crippen LogP contribution in [0.5, 0.6) is 0 Å². The Morgan fingerprint density at radius 1 is 1.21 bits per heavy atom. The second-order valence-electron chi connectivity index (χ2n) is 2.97. The molecule has 0 aliphatic rings. The molecular weight excluding hydrogens is 176 g/mol. The molecule has 0 amide bonds. The summed E-state index contributed by atoms with van der Waals surface area (Å²) in [5.41, 5.74) is 2.27. The Balaban J connectivity index is 2.60. The lowest BCUT2D eigenvalue weighted by Crippen LogP contribution is -1.84. The van der Waals surface area contributed by atoms with E-state index >= 15 is 0 Å². The van der Waals surface area contributed by atoms with Crippen LogP contribution in [0.25, 0.3) is 6.08 Å². The number of aliphatic carboxylic acids is 1. The fourth-order valence-corrected chi connectivity index (χ4v) is 0.982. The molecule has 0 saturated carbocycles. The zero-order valence-electron chi connectivity index (χ0n) is 7.97. The van der Waals surface area contributed by atoms with Crippen molar-refractivity contribution < 1.29 is 9.90 Å². The lowest BCUT2D eigenvalue weighted by atomic mass is 10.1. The Morgan fingerprint density at radius 3 is 2.43 bits per heavy atom. The first-order valence-corrected chi connectivity index (χ1v) is 4.33. The molecule has 14 heavy (non-hydrogen) atoms. The third-order valence-electron chi connectivity index (χ3n) is 1.72. The summed E-state index contributed by atoms with van der Waals surface area (Å²) in [5, 5.41) is 8.33. The van der Waals surface area contributed by atoms with Gasteiger partial charge < -0.3 is 5.11 Å². The van der Waals surface area contributed by atoms with E-state index in [1.807, 2.05) is 37.3 Å². The summed E-state index contributed by atoms with van der Waals surface area (Å²) in [6.45, 7) is 2.03. The quantitative estimate of drug-likeness (QED) is 0.584. The van der Waals surface area contributed by atoms with Crippen molar-refractivity contribution in [1.82, 2.24) is 0 Å². The first-order valence-electron chi connectivity index (χ1n) is 4.33. The van der Waals surface area contributed by atoms with Crippen molar-refractivity contribution in [3.05, 3.63) is 53.6 Å². The summed E-state index contributed by atoms with van der Waals surface area (Å²) in [4.78, 5) is 10.1. The first-order chi connectivity index (χ1) is 6.68. The molecule has 1 aromatic rings. The van der Waals surface area contributed by atoms with Gasteiger partial charge in [-0.25, -0.2) is 4.79 Å².